The molecule has 0 spiro atoms. The van der Waals surface area contributed by atoms with Gasteiger partial charge < -0.3 is 14.9 Å². The molecule has 1 aromatic heterocycles. The monoisotopic (exact) mass is 244 g/mol. The molecule has 4 heteroatoms. The molecule has 94 valence electrons. The van der Waals surface area contributed by atoms with Crippen LogP contribution in [-0.2, 0) is 12.8 Å². The highest BCUT2D eigenvalue weighted by molar-refractivity contribution is 5.55. The van der Waals surface area contributed by atoms with Gasteiger partial charge in [0.1, 0.15) is 11.5 Å². The lowest BCUT2D eigenvalue weighted by atomic mass is 9.98. The van der Waals surface area contributed by atoms with Crippen molar-refractivity contribution in [2.24, 2.45) is 5.73 Å². The molecule has 1 unspecified atom stereocenters. The fourth-order valence-corrected chi connectivity index (χ4v) is 2.26. The Morgan fingerprint density at radius 3 is 2.83 bits per heavy atom. The summed E-state index contributed by atoms with van der Waals surface area (Å²) in [6.45, 7) is 0. The lowest BCUT2D eigenvalue weighted by molar-refractivity contribution is 0.414. The molecule has 0 saturated heterocycles. The van der Waals surface area contributed by atoms with Gasteiger partial charge in [-0.05, 0) is 30.7 Å². The highest BCUT2D eigenvalue weighted by Crippen LogP contribution is 2.28. The number of benzene rings is 1. The number of nitrogens with zero attached hydrogens (tertiary/aromatic N) is 1. The van der Waals surface area contributed by atoms with Crippen molar-refractivity contribution < 1.29 is 9.15 Å². The quantitative estimate of drug-likeness (QED) is 0.879. The summed E-state index contributed by atoms with van der Waals surface area (Å²) in [5.41, 5.74) is 7.92. The Labute approximate surface area is 106 Å². The largest absolute Gasteiger partial charge is 0.497 e. The fraction of sp³-hybridized carbons (Fsp3) is 0.357. The van der Waals surface area contributed by atoms with Gasteiger partial charge in [0.05, 0.1) is 12.8 Å². The second kappa shape index (κ2) is 4.46. The van der Waals surface area contributed by atoms with Gasteiger partial charge in [-0.2, -0.15) is 0 Å². The molecule has 1 aliphatic rings. The molecule has 0 bridgehead atoms. The zero-order valence-electron chi connectivity index (χ0n) is 10.3. The van der Waals surface area contributed by atoms with E-state index in [9.17, 15) is 0 Å². The Hall–Kier alpha value is -1.81. The summed E-state index contributed by atoms with van der Waals surface area (Å²) < 4.78 is 10.9. The number of fused-ring (bicyclic) bond motifs is 1. The summed E-state index contributed by atoms with van der Waals surface area (Å²) in [7, 11) is 1.65. The molecule has 4 nitrogen and oxygen atoms in total. The van der Waals surface area contributed by atoms with Crippen LogP contribution < -0.4 is 10.5 Å². The molecule has 2 aromatic rings. The number of aromatic nitrogens is 1. The van der Waals surface area contributed by atoms with Crippen LogP contribution in [0.2, 0.25) is 0 Å². The molecule has 0 aliphatic heterocycles. The predicted molar refractivity (Wildman–Crippen MR) is 68.5 cm³/mol. The second-order valence-electron chi connectivity index (χ2n) is 4.62. The van der Waals surface area contributed by atoms with Gasteiger partial charge in [-0.15, -0.1) is 0 Å². The minimum atomic E-state index is 0.214. The number of methoxy groups -OCH3 is 1. The van der Waals surface area contributed by atoms with Crippen LogP contribution in [0.4, 0.5) is 0 Å². The van der Waals surface area contributed by atoms with Crippen LogP contribution in [0, 0.1) is 0 Å². The Morgan fingerprint density at radius 2 is 2.11 bits per heavy atom. The van der Waals surface area contributed by atoms with Crippen molar-refractivity contribution in [2.75, 3.05) is 7.11 Å². The Bertz CT molecular complexity index is 545. The predicted octanol–water partition coefficient (Wildman–Crippen LogP) is 2.17. The number of nitrogens with two attached hydrogens (primary N) is 1. The number of oxazole rings is 1. The van der Waals surface area contributed by atoms with Gasteiger partial charge in [0.25, 0.3) is 0 Å². The third kappa shape index (κ3) is 1.99. The first-order chi connectivity index (χ1) is 8.76. The third-order valence-electron chi connectivity index (χ3n) is 3.31. The van der Waals surface area contributed by atoms with E-state index >= 15 is 0 Å². The summed E-state index contributed by atoms with van der Waals surface area (Å²) in [6, 6.07) is 7.94. The van der Waals surface area contributed by atoms with Gasteiger partial charge in [0.2, 0.25) is 5.89 Å². The molecule has 2 N–H and O–H groups in total. The molecule has 0 saturated carbocycles. The maximum atomic E-state index is 5.94. The Balaban J connectivity index is 1.92. The van der Waals surface area contributed by atoms with Gasteiger partial charge in [-0.1, -0.05) is 0 Å². The fourth-order valence-electron chi connectivity index (χ4n) is 2.26. The first-order valence-electron chi connectivity index (χ1n) is 6.15. The molecule has 1 atom stereocenters. The average molecular weight is 244 g/mol. The summed E-state index contributed by atoms with van der Waals surface area (Å²) >= 11 is 0. The molecule has 0 radical (unpaired) electrons. The average Bonchev–Trinajstić information content (AvgIpc) is 2.81. The van der Waals surface area contributed by atoms with Crippen molar-refractivity contribution in [3.05, 3.63) is 35.7 Å². The van der Waals surface area contributed by atoms with Gasteiger partial charge >= 0.3 is 0 Å². The SMILES string of the molecule is COc1ccc(-c2nc3c(o2)CCC(N)C3)cc1. The van der Waals surface area contributed by atoms with Gasteiger partial charge in [-0.25, -0.2) is 4.98 Å². The first-order valence-corrected chi connectivity index (χ1v) is 6.15. The summed E-state index contributed by atoms with van der Waals surface area (Å²) in [5.74, 6) is 2.50. The molecule has 0 amide bonds. The molecule has 18 heavy (non-hydrogen) atoms. The molecule has 0 fully saturated rings. The molecule has 1 heterocycles. The highest BCUT2D eigenvalue weighted by atomic mass is 16.5. The van der Waals surface area contributed by atoms with E-state index in [0.29, 0.717) is 5.89 Å². The highest BCUT2D eigenvalue weighted by Gasteiger charge is 2.22. The number of hydrogen-bond acceptors (Lipinski definition) is 4. The number of aryl methyl sites for hydroxylation is 1. The van der Waals surface area contributed by atoms with Crippen molar-refractivity contribution in [1.82, 2.24) is 4.98 Å². The van der Waals surface area contributed by atoms with E-state index in [1.165, 1.54) is 0 Å². The summed E-state index contributed by atoms with van der Waals surface area (Å²) in [4.78, 5) is 4.54. The molecular weight excluding hydrogens is 228 g/mol. The molecule has 1 aromatic carbocycles. The van der Waals surface area contributed by atoms with Crippen molar-refractivity contribution in [3.63, 3.8) is 0 Å². The normalized spacial score (nSPS) is 18.4. The first kappa shape index (κ1) is 11.3. The summed E-state index contributed by atoms with van der Waals surface area (Å²) in [6.07, 6.45) is 2.68. The van der Waals surface area contributed by atoms with E-state index in [-0.39, 0.29) is 6.04 Å². The van der Waals surface area contributed by atoms with Crippen LogP contribution in [0.1, 0.15) is 17.9 Å². The van der Waals surface area contributed by atoms with E-state index in [1.54, 1.807) is 7.11 Å². The van der Waals surface area contributed by atoms with Crippen LogP contribution in [0.3, 0.4) is 0 Å². The third-order valence-corrected chi connectivity index (χ3v) is 3.31. The maximum absolute atomic E-state index is 5.94. The van der Waals surface area contributed by atoms with Crippen LogP contribution in [0.15, 0.2) is 28.7 Å². The minimum absolute atomic E-state index is 0.214. The zero-order chi connectivity index (χ0) is 12.5. The molecule has 1 aliphatic carbocycles. The van der Waals surface area contributed by atoms with E-state index in [2.05, 4.69) is 4.98 Å². The zero-order valence-corrected chi connectivity index (χ0v) is 10.3. The summed E-state index contributed by atoms with van der Waals surface area (Å²) in [5, 5.41) is 0. The smallest absolute Gasteiger partial charge is 0.226 e. The van der Waals surface area contributed by atoms with Gasteiger partial charge in [0, 0.05) is 24.4 Å². The van der Waals surface area contributed by atoms with E-state index < -0.39 is 0 Å². The van der Waals surface area contributed by atoms with Gasteiger partial charge in [0.15, 0.2) is 0 Å². The van der Waals surface area contributed by atoms with Crippen molar-refractivity contribution in [1.29, 1.82) is 0 Å². The van der Waals surface area contributed by atoms with Crippen molar-refractivity contribution in [3.8, 4) is 17.2 Å². The van der Waals surface area contributed by atoms with Gasteiger partial charge in [-0.3, -0.25) is 0 Å². The molecule has 3 rings (SSSR count). The topological polar surface area (TPSA) is 61.3 Å². The lowest BCUT2D eigenvalue weighted by Gasteiger charge is -2.14. The number of hydrogen-bond donors (Lipinski definition) is 1. The number of ether oxygens (including phenoxy) is 1. The van der Waals surface area contributed by atoms with E-state index in [0.717, 1.165) is 42.0 Å². The van der Waals surface area contributed by atoms with Crippen molar-refractivity contribution >= 4 is 0 Å². The number of rotatable bonds is 2. The molecular formula is C14H16N2O2. The Morgan fingerprint density at radius 1 is 1.33 bits per heavy atom. The van der Waals surface area contributed by atoms with Crippen molar-refractivity contribution in [2.45, 2.75) is 25.3 Å². The minimum Gasteiger partial charge on any atom is -0.497 e. The van der Waals surface area contributed by atoms with Crippen LogP contribution >= 0.6 is 0 Å². The van der Waals surface area contributed by atoms with E-state index in [1.807, 2.05) is 24.3 Å². The van der Waals surface area contributed by atoms with E-state index in [4.69, 9.17) is 14.9 Å². The second-order valence-corrected chi connectivity index (χ2v) is 4.62. The Kier molecular flexibility index (Phi) is 2.80. The maximum Gasteiger partial charge on any atom is 0.226 e. The lowest BCUT2D eigenvalue weighted by Crippen LogP contribution is -2.27. The van der Waals surface area contributed by atoms with Crippen LogP contribution in [0.25, 0.3) is 11.5 Å². The van der Waals surface area contributed by atoms with Crippen LogP contribution in [-0.4, -0.2) is 18.1 Å². The van der Waals surface area contributed by atoms with Crippen LogP contribution in [0.5, 0.6) is 5.75 Å². The standard InChI is InChI=1S/C14H16N2O2/c1-17-11-5-2-9(3-6-11)14-16-12-8-10(15)4-7-13(12)18-14/h2-3,5-6,10H,4,7-8,15H2,1H3.